The summed E-state index contributed by atoms with van der Waals surface area (Å²) in [5.41, 5.74) is 0.711. The molecule has 1 aromatic heterocycles. The zero-order valence-electron chi connectivity index (χ0n) is 9.57. The molecule has 6 heteroatoms. The van der Waals surface area contributed by atoms with Crippen LogP contribution in [0.15, 0.2) is 35.5 Å². The van der Waals surface area contributed by atoms with Crippen molar-refractivity contribution in [2.75, 3.05) is 0 Å². The molecule has 0 fully saturated rings. The maximum Gasteiger partial charge on any atom is 0.209 e. The van der Waals surface area contributed by atoms with Crippen LogP contribution in [0.2, 0.25) is 0 Å². The van der Waals surface area contributed by atoms with Crippen LogP contribution in [0.4, 0.5) is 0 Å². The smallest absolute Gasteiger partial charge is 0.209 e. The predicted octanol–water partition coefficient (Wildman–Crippen LogP) is 1.57. The average molecular weight is 248 g/mol. The molecule has 5 nitrogen and oxygen atoms in total. The zero-order valence-corrected chi connectivity index (χ0v) is 10.4. The summed E-state index contributed by atoms with van der Waals surface area (Å²) in [5, 5.41) is 11.5. The van der Waals surface area contributed by atoms with Gasteiger partial charge in [0.1, 0.15) is 0 Å². The summed E-state index contributed by atoms with van der Waals surface area (Å²) < 4.78 is 1.56. The molecule has 88 valence electrons. The van der Waals surface area contributed by atoms with E-state index in [4.69, 9.17) is 0 Å². The number of carbonyl (C=O) groups is 1. The largest absolute Gasteiger partial charge is 0.293 e. The minimum Gasteiger partial charge on any atom is -0.293 e. The molecule has 0 aliphatic rings. The first-order valence-corrected chi connectivity index (χ1v) is 6.04. The molecular weight excluding hydrogens is 236 g/mol. The lowest BCUT2D eigenvalue weighted by molar-refractivity contribution is 0.0994. The molecule has 2 rings (SSSR count). The Labute approximate surface area is 103 Å². The first kappa shape index (κ1) is 11.8. The van der Waals surface area contributed by atoms with E-state index in [0.717, 1.165) is 0 Å². The van der Waals surface area contributed by atoms with Gasteiger partial charge in [-0.25, -0.2) is 4.68 Å². The van der Waals surface area contributed by atoms with E-state index in [2.05, 4.69) is 15.5 Å². The van der Waals surface area contributed by atoms with Gasteiger partial charge in [0.25, 0.3) is 0 Å². The first-order chi connectivity index (χ1) is 8.18. The van der Waals surface area contributed by atoms with E-state index in [1.165, 1.54) is 11.8 Å². The minimum atomic E-state index is -0.206. The van der Waals surface area contributed by atoms with Crippen LogP contribution in [0.25, 0.3) is 0 Å². The summed E-state index contributed by atoms with van der Waals surface area (Å²) in [7, 11) is 1.75. The Morgan fingerprint density at radius 2 is 2.06 bits per heavy atom. The Balaban J connectivity index is 2.09. The number of hydrogen-bond donors (Lipinski definition) is 0. The number of benzene rings is 1. The van der Waals surface area contributed by atoms with E-state index in [9.17, 15) is 4.79 Å². The van der Waals surface area contributed by atoms with Gasteiger partial charge in [-0.05, 0) is 17.4 Å². The molecule has 0 N–H and O–H groups in total. The summed E-state index contributed by atoms with van der Waals surface area (Å²) in [6.07, 6.45) is 0. The van der Waals surface area contributed by atoms with Crippen molar-refractivity contribution in [1.82, 2.24) is 20.2 Å². The number of aromatic nitrogens is 4. The zero-order chi connectivity index (χ0) is 12.3. The van der Waals surface area contributed by atoms with Crippen molar-refractivity contribution in [3.8, 4) is 0 Å². The van der Waals surface area contributed by atoms with Crippen molar-refractivity contribution in [2.45, 2.75) is 17.3 Å². The summed E-state index contributed by atoms with van der Waals surface area (Å²) in [6.45, 7) is 1.86. The SMILES string of the molecule is C[C@@H](Sc1nnnn1C)C(=O)c1ccccc1. The van der Waals surface area contributed by atoms with E-state index < -0.39 is 0 Å². The molecule has 0 saturated carbocycles. The summed E-state index contributed by atoms with van der Waals surface area (Å²) in [5.74, 6) is 0.0820. The van der Waals surface area contributed by atoms with Gasteiger partial charge in [0.15, 0.2) is 5.78 Å². The van der Waals surface area contributed by atoms with Gasteiger partial charge in [0.2, 0.25) is 5.16 Å². The molecule has 0 unspecified atom stereocenters. The highest BCUT2D eigenvalue weighted by Gasteiger charge is 2.18. The van der Waals surface area contributed by atoms with Crippen molar-refractivity contribution in [3.63, 3.8) is 0 Å². The fourth-order valence-corrected chi connectivity index (χ4v) is 2.20. The third kappa shape index (κ3) is 2.71. The third-order valence-electron chi connectivity index (χ3n) is 2.29. The van der Waals surface area contributed by atoms with Crippen LogP contribution in [0.1, 0.15) is 17.3 Å². The Hall–Kier alpha value is -1.69. The fourth-order valence-electron chi connectivity index (χ4n) is 1.37. The number of hydrogen-bond acceptors (Lipinski definition) is 5. The third-order valence-corrected chi connectivity index (χ3v) is 3.42. The molecule has 1 atom stereocenters. The van der Waals surface area contributed by atoms with Gasteiger partial charge in [-0.3, -0.25) is 4.79 Å². The van der Waals surface area contributed by atoms with E-state index in [1.807, 2.05) is 37.3 Å². The molecular formula is C11H12N4OS. The number of rotatable bonds is 4. The summed E-state index contributed by atoms with van der Waals surface area (Å²) in [4.78, 5) is 12.1. The quantitative estimate of drug-likeness (QED) is 0.607. The highest BCUT2D eigenvalue weighted by Crippen LogP contribution is 2.22. The lowest BCUT2D eigenvalue weighted by Crippen LogP contribution is -2.14. The maximum absolute atomic E-state index is 12.1. The van der Waals surface area contributed by atoms with Gasteiger partial charge < -0.3 is 0 Å². The van der Waals surface area contributed by atoms with Crippen molar-refractivity contribution in [2.24, 2.45) is 7.05 Å². The number of carbonyl (C=O) groups excluding carboxylic acids is 1. The Kier molecular flexibility index (Phi) is 3.53. The highest BCUT2D eigenvalue weighted by atomic mass is 32.2. The second kappa shape index (κ2) is 5.09. The lowest BCUT2D eigenvalue weighted by Gasteiger charge is -2.08. The van der Waals surface area contributed by atoms with Gasteiger partial charge in [-0.1, -0.05) is 42.1 Å². The summed E-state index contributed by atoms with van der Waals surface area (Å²) in [6, 6.07) is 9.23. The van der Waals surface area contributed by atoms with E-state index in [-0.39, 0.29) is 11.0 Å². The summed E-state index contributed by atoms with van der Waals surface area (Å²) >= 11 is 1.36. The number of Topliss-reactive ketones (excluding diaryl/α,β-unsaturated/α-hetero) is 1. The van der Waals surface area contributed by atoms with Crippen LogP contribution in [0.5, 0.6) is 0 Å². The standard InChI is InChI=1S/C11H12N4OS/c1-8(17-11-12-13-14-15(11)2)10(16)9-6-4-3-5-7-9/h3-8H,1-2H3/t8-/m1/s1. The van der Waals surface area contributed by atoms with Crippen LogP contribution in [0.3, 0.4) is 0 Å². The Morgan fingerprint density at radius 3 is 2.65 bits per heavy atom. The Morgan fingerprint density at radius 1 is 1.35 bits per heavy atom. The van der Waals surface area contributed by atoms with Crippen LogP contribution in [-0.4, -0.2) is 31.2 Å². The van der Waals surface area contributed by atoms with Crippen LogP contribution >= 0.6 is 11.8 Å². The van der Waals surface area contributed by atoms with E-state index in [0.29, 0.717) is 10.7 Å². The van der Waals surface area contributed by atoms with E-state index >= 15 is 0 Å². The molecule has 0 spiro atoms. The molecule has 0 amide bonds. The highest BCUT2D eigenvalue weighted by molar-refractivity contribution is 8.00. The minimum absolute atomic E-state index is 0.0820. The molecule has 0 radical (unpaired) electrons. The Bertz CT molecular complexity index is 511. The van der Waals surface area contributed by atoms with Gasteiger partial charge >= 0.3 is 0 Å². The van der Waals surface area contributed by atoms with Crippen molar-refractivity contribution in [3.05, 3.63) is 35.9 Å². The fraction of sp³-hybridized carbons (Fsp3) is 0.273. The molecule has 0 bridgehead atoms. The van der Waals surface area contributed by atoms with Crippen LogP contribution in [-0.2, 0) is 7.05 Å². The monoisotopic (exact) mass is 248 g/mol. The van der Waals surface area contributed by atoms with Crippen LogP contribution < -0.4 is 0 Å². The molecule has 0 aliphatic carbocycles. The topological polar surface area (TPSA) is 60.7 Å². The van der Waals surface area contributed by atoms with Gasteiger partial charge in [-0.15, -0.1) is 5.10 Å². The predicted molar refractivity (Wildman–Crippen MR) is 64.9 cm³/mol. The molecule has 0 saturated heterocycles. The van der Waals surface area contributed by atoms with E-state index in [1.54, 1.807) is 11.7 Å². The molecule has 0 aliphatic heterocycles. The average Bonchev–Trinajstić information content (AvgIpc) is 2.75. The van der Waals surface area contributed by atoms with Gasteiger partial charge in [-0.2, -0.15) is 0 Å². The van der Waals surface area contributed by atoms with Gasteiger partial charge in [0.05, 0.1) is 5.25 Å². The van der Waals surface area contributed by atoms with Crippen molar-refractivity contribution in [1.29, 1.82) is 0 Å². The lowest BCUT2D eigenvalue weighted by atomic mass is 10.1. The normalized spacial score (nSPS) is 12.4. The number of aryl methyl sites for hydroxylation is 1. The molecule has 2 aromatic rings. The molecule has 17 heavy (non-hydrogen) atoms. The number of thioether (sulfide) groups is 1. The number of ketones is 1. The number of tetrazole rings is 1. The van der Waals surface area contributed by atoms with Crippen molar-refractivity contribution < 1.29 is 4.79 Å². The first-order valence-electron chi connectivity index (χ1n) is 5.17. The maximum atomic E-state index is 12.1. The van der Waals surface area contributed by atoms with Crippen LogP contribution in [0, 0.1) is 0 Å². The second-order valence-corrected chi connectivity index (χ2v) is 4.88. The number of nitrogens with zero attached hydrogens (tertiary/aromatic N) is 4. The molecule has 1 aromatic carbocycles. The second-order valence-electron chi connectivity index (χ2n) is 3.58. The molecule has 1 heterocycles. The van der Waals surface area contributed by atoms with Gasteiger partial charge in [0, 0.05) is 12.6 Å². The van der Waals surface area contributed by atoms with Crippen molar-refractivity contribution >= 4 is 17.5 Å².